The number of aromatic nitrogens is 1. The number of carbonyl (C=O) groups is 1. The molecule has 1 atom stereocenters. The van der Waals surface area contributed by atoms with E-state index >= 15 is 0 Å². The van der Waals surface area contributed by atoms with Gasteiger partial charge in [0.1, 0.15) is 11.4 Å². The lowest BCUT2D eigenvalue weighted by atomic mass is 10.2. The van der Waals surface area contributed by atoms with Crippen molar-refractivity contribution in [3.05, 3.63) is 23.9 Å². The number of nitrogens with one attached hydrogen (secondary N) is 2. The Kier molecular flexibility index (Phi) is 8.74. The average molecular weight is 419 g/mol. The van der Waals surface area contributed by atoms with Crippen LogP contribution < -0.4 is 15.5 Å². The Morgan fingerprint density at radius 2 is 2.03 bits per heavy atom. The quantitative estimate of drug-likeness (QED) is 0.523. The Morgan fingerprint density at radius 3 is 2.60 bits per heavy atom. The summed E-state index contributed by atoms with van der Waals surface area (Å²) in [5.41, 5.74) is 0.581. The van der Waals surface area contributed by atoms with Crippen LogP contribution in [0.2, 0.25) is 0 Å². The van der Waals surface area contributed by atoms with Gasteiger partial charge in [0.2, 0.25) is 0 Å². The Bertz CT molecular complexity index is 695. The molecule has 8 nitrogen and oxygen atoms in total. The summed E-state index contributed by atoms with van der Waals surface area (Å²) in [6, 6.07) is 4.20. The lowest BCUT2D eigenvalue weighted by Crippen LogP contribution is -2.44. The third-order valence-corrected chi connectivity index (χ3v) is 4.85. The van der Waals surface area contributed by atoms with Gasteiger partial charge in [-0.2, -0.15) is 0 Å². The molecule has 2 heterocycles. The van der Waals surface area contributed by atoms with Gasteiger partial charge in [0, 0.05) is 38.9 Å². The van der Waals surface area contributed by atoms with Crippen molar-refractivity contribution in [1.82, 2.24) is 20.5 Å². The maximum Gasteiger partial charge on any atom is 0.407 e. The third-order valence-electron chi connectivity index (χ3n) is 4.85. The van der Waals surface area contributed by atoms with Gasteiger partial charge in [-0.15, -0.1) is 0 Å². The van der Waals surface area contributed by atoms with Gasteiger partial charge >= 0.3 is 6.09 Å². The molecule has 168 valence electrons. The molecule has 0 aliphatic carbocycles. The van der Waals surface area contributed by atoms with Gasteiger partial charge in [-0.1, -0.05) is 6.07 Å². The number of carbonyl (C=O) groups excluding carboxylic acids is 1. The minimum Gasteiger partial charge on any atom is -0.444 e. The SMILES string of the molecule is CCNC(=NCc1ccc(N(CC)CC)nc1)N1CCC(NC(=O)OC(C)(C)C)C1. The van der Waals surface area contributed by atoms with E-state index in [9.17, 15) is 4.79 Å². The number of hydrogen-bond acceptors (Lipinski definition) is 5. The highest BCUT2D eigenvalue weighted by molar-refractivity contribution is 5.80. The number of rotatable bonds is 7. The van der Waals surface area contributed by atoms with Crippen LogP contribution in [0.4, 0.5) is 10.6 Å². The monoisotopic (exact) mass is 418 g/mol. The molecule has 30 heavy (non-hydrogen) atoms. The van der Waals surface area contributed by atoms with Gasteiger partial charge in [-0.25, -0.2) is 14.8 Å². The maximum absolute atomic E-state index is 12.0. The van der Waals surface area contributed by atoms with Gasteiger partial charge in [0.05, 0.1) is 12.6 Å². The fourth-order valence-electron chi connectivity index (χ4n) is 3.38. The molecule has 2 N–H and O–H groups in total. The van der Waals surface area contributed by atoms with E-state index in [1.54, 1.807) is 0 Å². The van der Waals surface area contributed by atoms with E-state index in [1.165, 1.54) is 0 Å². The number of hydrogen-bond donors (Lipinski definition) is 2. The molecule has 0 spiro atoms. The molecular formula is C22H38N6O2. The first-order chi connectivity index (χ1) is 14.3. The molecule has 1 aromatic rings. The second-order valence-electron chi connectivity index (χ2n) is 8.44. The largest absolute Gasteiger partial charge is 0.444 e. The van der Waals surface area contributed by atoms with Crippen molar-refractivity contribution in [3.8, 4) is 0 Å². The number of guanidine groups is 1. The lowest BCUT2D eigenvalue weighted by molar-refractivity contribution is 0.0507. The molecule has 0 saturated carbocycles. The second kappa shape index (κ2) is 11.0. The highest BCUT2D eigenvalue weighted by atomic mass is 16.6. The molecule has 2 rings (SSSR count). The molecule has 1 unspecified atom stereocenters. The summed E-state index contributed by atoms with van der Waals surface area (Å²) in [5, 5.41) is 6.32. The summed E-state index contributed by atoms with van der Waals surface area (Å²) >= 11 is 0. The van der Waals surface area contributed by atoms with E-state index in [1.807, 2.05) is 27.0 Å². The molecule has 1 aromatic heterocycles. The van der Waals surface area contributed by atoms with E-state index in [-0.39, 0.29) is 12.1 Å². The normalized spacial score (nSPS) is 17.1. The van der Waals surface area contributed by atoms with Crippen molar-refractivity contribution < 1.29 is 9.53 Å². The minimum absolute atomic E-state index is 0.0544. The van der Waals surface area contributed by atoms with Crippen LogP contribution in [0.3, 0.4) is 0 Å². The van der Waals surface area contributed by atoms with Crippen molar-refractivity contribution in [2.75, 3.05) is 37.6 Å². The van der Waals surface area contributed by atoms with Gasteiger partial charge in [0.15, 0.2) is 5.96 Å². The van der Waals surface area contributed by atoms with Crippen LogP contribution in [0.5, 0.6) is 0 Å². The lowest BCUT2D eigenvalue weighted by Gasteiger charge is -2.23. The van der Waals surface area contributed by atoms with E-state index in [0.717, 1.165) is 49.9 Å². The van der Waals surface area contributed by atoms with Crippen molar-refractivity contribution in [1.29, 1.82) is 0 Å². The summed E-state index contributed by atoms with van der Waals surface area (Å²) in [6.07, 6.45) is 2.40. The Hall–Kier alpha value is -2.51. The van der Waals surface area contributed by atoms with Crippen LogP contribution in [0.1, 0.15) is 53.5 Å². The zero-order chi connectivity index (χ0) is 22.1. The van der Waals surface area contributed by atoms with E-state index in [0.29, 0.717) is 13.1 Å². The van der Waals surface area contributed by atoms with Crippen molar-refractivity contribution in [2.45, 2.75) is 66.2 Å². The van der Waals surface area contributed by atoms with Crippen LogP contribution in [-0.2, 0) is 11.3 Å². The number of likely N-dealkylation sites (tertiary alicyclic amines) is 1. The van der Waals surface area contributed by atoms with Gasteiger partial charge < -0.3 is 25.2 Å². The smallest absolute Gasteiger partial charge is 0.407 e. The van der Waals surface area contributed by atoms with E-state index in [4.69, 9.17) is 9.73 Å². The minimum atomic E-state index is -0.492. The summed E-state index contributed by atoms with van der Waals surface area (Å²) in [7, 11) is 0. The summed E-state index contributed by atoms with van der Waals surface area (Å²) in [6.45, 7) is 16.7. The predicted octanol–water partition coefficient (Wildman–Crippen LogP) is 2.99. The first-order valence-electron chi connectivity index (χ1n) is 11.0. The predicted molar refractivity (Wildman–Crippen MR) is 122 cm³/mol. The van der Waals surface area contributed by atoms with Gasteiger partial charge in [-0.3, -0.25) is 0 Å². The van der Waals surface area contributed by atoms with Crippen LogP contribution in [0.15, 0.2) is 23.3 Å². The number of pyridine rings is 1. The highest BCUT2D eigenvalue weighted by Crippen LogP contribution is 2.14. The highest BCUT2D eigenvalue weighted by Gasteiger charge is 2.27. The standard InChI is InChI=1S/C22H38N6O2/c1-7-23-20(25-15-17-10-11-19(24-14-17)27(8-2)9-3)28-13-12-18(16-28)26-21(29)30-22(4,5)6/h10-11,14,18H,7-9,12-13,15-16H2,1-6H3,(H,23,25)(H,26,29). The number of alkyl carbamates (subject to hydrolysis) is 1. The van der Waals surface area contributed by atoms with E-state index < -0.39 is 5.60 Å². The molecule has 0 radical (unpaired) electrons. The van der Waals surface area contributed by atoms with Crippen LogP contribution in [-0.4, -0.2) is 66.3 Å². The fourth-order valence-corrected chi connectivity index (χ4v) is 3.38. The average Bonchev–Trinajstić information content (AvgIpc) is 3.13. The topological polar surface area (TPSA) is 82.1 Å². The number of nitrogens with zero attached hydrogens (tertiary/aromatic N) is 4. The van der Waals surface area contributed by atoms with Gasteiger partial charge in [0.25, 0.3) is 0 Å². The molecule has 0 aromatic carbocycles. The Labute approximate surface area is 181 Å². The number of anilines is 1. The molecule has 0 bridgehead atoms. The molecule has 1 fully saturated rings. The zero-order valence-corrected chi connectivity index (χ0v) is 19.4. The molecule has 1 amide bonds. The number of ether oxygens (including phenoxy) is 1. The fraction of sp³-hybridized carbons (Fsp3) is 0.682. The van der Waals surface area contributed by atoms with Crippen LogP contribution in [0, 0.1) is 0 Å². The van der Waals surface area contributed by atoms with E-state index in [2.05, 4.69) is 58.3 Å². The molecule has 1 aliphatic heterocycles. The first-order valence-corrected chi connectivity index (χ1v) is 11.0. The van der Waals surface area contributed by atoms with Gasteiger partial charge in [-0.05, 0) is 59.6 Å². The maximum atomic E-state index is 12.0. The number of aliphatic imine (C=N–C) groups is 1. The third kappa shape index (κ3) is 7.39. The van der Waals surface area contributed by atoms with Crippen LogP contribution >= 0.6 is 0 Å². The van der Waals surface area contributed by atoms with Crippen LogP contribution in [0.25, 0.3) is 0 Å². The first kappa shape index (κ1) is 23.8. The van der Waals surface area contributed by atoms with Crippen molar-refractivity contribution >= 4 is 17.9 Å². The van der Waals surface area contributed by atoms with Crippen molar-refractivity contribution in [2.24, 2.45) is 4.99 Å². The summed E-state index contributed by atoms with van der Waals surface area (Å²) in [4.78, 5) is 25.8. The molecule has 8 heteroatoms. The van der Waals surface area contributed by atoms with Crippen molar-refractivity contribution in [3.63, 3.8) is 0 Å². The molecule has 1 saturated heterocycles. The Morgan fingerprint density at radius 1 is 1.30 bits per heavy atom. The summed E-state index contributed by atoms with van der Waals surface area (Å²) in [5.74, 6) is 1.86. The second-order valence-corrected chi connectivity index (χ2v) is 8.44. The summed E-state index contributed by atoms with van der Waals surface area (Å²) < 4.78 is 5.37. The Balaban J connectivity index is 1.95. The molecular weight excluding hydrogens is 380 g/mol. The number of amides is 1. The zero-order valence-electron chi connectivity index (χ0n) is 19.4. The molecule has 1 aliphatic rings.